The van der Waals surface area contributed by atoms with Gasteiger partial charge in [-0.2, -0.15) is 0 Å². The smallest absolute Gasteiger partial charge is 0.127 e. The van der Waals surface area contributed by atoms with Crippen LogP contribution in [0.2, 0.25) is 0 Å². The van der Waals surface area contributed by atoms with Gasteiger partial charge in [0.05, 0.1) is 0 Å². The summed E-state index contributed by atoms with van der Waals surface area (Å²) in [7, 11) is 0. The molecule has 0 aliphatic carbocycles. The molecule has 19 heavy (non-hydrogen) atoms. The molecular weight excluding hydrogens is 257 g/mol. The Kier molecular flexibility index (Phi) is 5.43. The van der Waals surface area contributed by atoms with Crippen LogP contribution in [-0.4, -0.2) is 12.3 Å². The van der Waals surface area contributed by atoms with E-state index in [2.05, 4.69) is 17.4 Å². The number of rotatable bonds is 6. The van der Waals surface area contributed by atoms with E-state index in [4.69, 9.17) is 0 Å². The van der Waals surface area contributed by atoms with Gasteiger partial charge >= 0.3 is 0 Å². The molecule has 0 heterocycles. The summed E-state index contributed by atoms with van der Waals surface area (Å²) in [5, 5.41) is 3.29. The predicted octanol–water partition coefficient (Wildman–Crippen LogP) is 4.02. The summed E-state index contributed by atoms with van der Waals surface area (Å²) in [5.41, 5.74) is 1.77. The van der Waals surface area contributed by atoms with Crippen LogP contribution in [0.1, 0.15) is 11.1 Å². The molecule has 2 rings (SSSR count). The fraction of sp³-hybridized carbons (Fsp3) is 0.250. The third-order valence-corrected chi connectivity index (χ3v) is 3.96. The van der Waals surface area contributed by atoms with Gasteiger partial charge in [-0.15, -0.1) is 11.8 Å². The van der Waals surface area contributed by atoms with E-state index in [0.29, 0.717) is 6.54 Å². The second-order valence-electron chi connectivity index (χ2n) is 4.37. The van der Waals surface area contributed by atoms with E-state index in [1.54, 1.807) is 6.07 Å². The first-order valence-corrected chi connectivity index (χ1v) is 7.38. The van der Waals surface area contributed by atoms with Crippen LogP contribution in [0, 0.1) is 12.7 Å². The van der Waals surface area contributed by atoms with Gasteiger partial charge in [-0.1, -0.05) is 30.3 Å². The Morgan fingerprint density at radius 3 is 2.58 bits per heavy atom. The average Bonchev–Trinajstić information content (AvgIpc) is 2.42. The SMILES string of the molecule is Cc1cccc(F)c1CNCCSc1ccccc1. The van der Waals surface area contributed by atoms with E-state index in [-0.39, 0.29) is 5.82 Å². The molecule has 0 spiro atoms. The maximum atomic E-state index is 13.6. The molecule has 0 atom stereocenters. The fourth-order valence-electron chi connectivity index (χ4n) is 1.86. The normalized spacial score (nSPS) is 10.6. The molecule has 1 nitrogen and oxygen atoms in total. The van der Waals surface area contributed by atoms with Crippen LogP contribution in [-0.2, 0) is 6.54 Å². The Bertz CT molecular complexity index is 493. The molecular formula is C16H18FNS. The Balaban J connectivity index is 1.73. The number of nitrogens with one attached hydrogen (secondary N) is 1. The number of halogens is 1. The first kappa shape index (κ1) is 14.1. The van der Waals surface area contributed by atoms with Crippen LogP contribution < -0.4 is 5.32 Å². The second kappa shape index (κ2) is 7.31. The van der Waals surface area contributed by atoms with Crippen molar-refractivity contribution in [2.24, 2.45) is 0 Å². The Hall–Kier alpha value is -1.32. The van der Waals surface area contributed by atoms with E-state index in [1.165, 1.54) is 11.0 Å². The Labute approximate surface area is 118 Å². The van der Waals surface area contributed by atoms with Gasteiger partial charge in [-0.05, 0) is 30.7 Å². The number of hydrogen-bond acceptors (Lipinski definition) is 2. The van der Waals surface area contributed by atoms with E-state index >= 15 is 0 Å². The third kappa shape index (κ3) is 4.37. The van der Waals surface area contributed by atoms with Gasteiger partial charge in [0.1, 0.15) is 5.82 Å². The summed E-state index contributed by atoms with van der Waals surface area (Å²) < 4.78 is 13.6. The van der Waals surface area contributed by atoms with Crippen LogP contribution in [0.25, 0.3) is 0 Å². The fourth-order valence-corrected chi connectivity index (χ4v) is 2.69. The molecule has 1 N–H and O–H groups in total. The van der Waals surface area contributed by atoms with Crippen LogP contribution in [0.4, 0.5) is 4.39 Å². The molecule has 0 radical (unpaired) electrons. The Morgan fingerprint density at radius 1 is 1.05 bits per heavy atom. The van der Waals surface area contributed by atoms with Crippen LogP contribution in [0.15, 0.2) is 53.4 Å². The minimum absolute atomic E-state index is 0.122. The van der Waals surface area contributed by atoms with Gasteiger partial charge in [0.15, 0.2) is 0 Å². The van der Waals surface area contributed by atoms with Crippen LogP contribution in [0.3, 0.4) is 0 Å². The van der Waals surface area contributed by atoms with Crippen molar-refractivity contribution in [3.05, 3.63) is 65.5 Å². The van der Waals surface area contributed by atoms with Gasteiger partial charge in [-0.3, -0.25) is 0 Å². The predicted molar refractivity (Wildman–Crippen MR) is 80.0 cm³/mol. The van der Waals surface area contributed by atoms with Crippen LogP contribution in [0.5, 0.6) is 0 Å². The summed E-state index contributed by atoms with van der Waals surface area (Å²) in [6.45, 7) is 3.40. The van der Waals surface area contributed by atoms with Crippen molar-refractivity contribution >= 4 is 11.8 Å². The molecule has 0 fully saturated rings. The van der Waals surface area contributed by atoms with Gasteiger partial charge in [0.25, 0.3) is 0 Å². The summed E-state index contributed by atoms with van der Waals surface area (Å²) in [6, 6.07) is 15.5. The topological polar surface area (TPSA) is 12.0 Å². The first-order valence-electron chi connectivity index (χ1n) is 6.40. The summed E-state index contributed by atoms with van der Waals surface area (Å²) in [5.74, 6) is 0.862. The number of aryl methyl sites for hydroxylation is 1. The number of benzene rings is 2. The van der Waals surface area contributed by atoms with E-state index < -0.39 is 0 Å². The molecule has 3 heteroatoms. The average molecular weight is 275 g/mol. The van der Waals surface area contributed by atoms with Crippen molar-refractivity contribution in [3.8, 4) is 0 Å². The molecule has 2 aromatic carbocycles. The maximum Gasteiger partial charge on any atom is 0.127 e. The molecule has 100 valence electrons. The van der Waals surface area contributed by atoms with Crippen molar-refractivity contribution in [2.45, 2.75) is 18.4 Å². The molecule has 0 saturated carbocycles. The zero-order valence-electron chi connectivity index (χ0n) is 11.0. The third-order valence-electron chi connectivity index (χ3n) is 2.95. The molecule has 0 aliphatic heterocycles. The summed E-state index contributed by atoms with van der Waals surface area (Å²) in [6.07, 6.45) is 0. The highest BCUT2D eigenvalue weighted by atomic mass is 32.2. The quantitative estimate of drug-likeness (QED) is 0.631. The highest BCUT2D eigenvalue weighted by Crippen LogP contribution is 2.16. The van der Waals surface area contributed by atoms with Crippen molar-refractivity contribution < 1.29 is 4.39 Å². The molecule has 2 aromatic rings. The first-order chi connectivity index (χ1) is 9.27. The highest BCUT2D eigenvalue weighted by Gasteiger charge is 2.03. The lowest BCUT2D eigenvalue weighted by Crippen LogP contribution is -2.18. The van der Waals surface area contributed by atoms with Gasteiger partial charge in [0.2, 0.25) is 0 Å². The Morgan fingerprint density at radius 2 is 1.84 bits per heavy atom. The molecule has 0 saturated heterocycles. The zero-order valence-corrected chi connectivity index (χ0v) is 11.8. The highest BCUT2D eigenvalue weighted by molar-refractivity contribution is 7.99. The maximum absolute atomic E-state index is 13.6. The molecule has 0 aromatic heterocycles. The largest absolute Gasteiger partial charge is 0.312 e. The monoisotopic (exact) mass is 275 g/mol. The molecule has 0 bridgehead atoms. The van der Waals surface area contributed by atoms with E-state index in [1.807, 2.05) is 43.0 Å². The van der Waals surface area contributed by atoms with Crippen LogP contribution >= 0.6 is 11.8 Å². The summed E-state index contributed by atoms with van der Waals surface area (Å²) >= 11 is 1.81. The minimum atomic E-state index is -0.122. The van der Waals surface area contributed by atoms with Crippen molar-refractivity contribution in [3.63, 3.8) is 0 Å². The lowest BCUT2D eigenvalue weighted by Gasteiger charge is -2.08. The zero-order chi connectivity index (χ0) is 13.5. The van der Waals surface area contributed by atoms with E-state index in [0.717, 1.165) is 23.4 Å². The molecule has 0 amide bonds. The molecule has 0 unspecified atom stereocenters. The van der Waals surface area contributed by atoms with Gasteiger partial charge < -0.3 is 5.32 Å². The van der Waals surface area contributed by atoms with Crippen molar-refractivity contribution in [1.29, 1.82) is 0 Å². The second-order valence-corrected chi connectivity index (χ2v) is 5.54. The van der Waals surface area contributed by atoms with Crippen molar-refractivity contribution in [1.82, 2.24) is 5.32 Å². The lowest BCUT2D eigenvalue weighted by atomic mass is 10.1. The van der Waals surface area contributed by atoms with Crippen molar-refractivity contribution in [2.75, 3.05) is 12.3 Å². The summed E-state index contributed by atoms with van der Waals surface area (Å²) in [4.78, 5) is 1.27. The van der Waals surface area contributed by atoms with Gasteiger partial charge in [-0.25, -0.2) is 4.39 Å². The molecule has 0 aliphatic rings. The standard InChI is InChI=1S/C16H18FNS/c1-13-6-5-9-16(17)15(13)12-18-10-11-19-14-7-3-2-4-8-14/h2-9,18H,10-12H2,1H3. The number of thioether (sulfide) groups is 1. The number of hydrogen-bond donors (Lipinski definition) is 1. The van der Waals surface area contributed by atoms with E-state index in [9.17, 15) is 4.39 Å². The minimum Gasteiger partial charge on any atom is -0.312 e. The van der Waals surface area contributed by atoms with Gasteiger partial charge in [0, 0.05) is 29.3 Å². The lowest BCUT2D eigenvalue weighted by molar-refractivity contribution is 0.591.